The SMILES string of the molecule is C=CCOc1ccc(/C(O)=C2\C(=O)C(=O)N(CC=C)C2c2cccc(Cl)c2)cc1. The van der Waals surface area contributed by atoms with Crippen LogP contribution in [0.2, 0.25) is 5.02 Å². The van der Waals surface area contributed by atoms with E-state index in [2.05, 4.69) is 13.2 Å². The fourth-order valence-electron chi connectivity index (χ4n) is 3.25. The van der Waals surface area contributed by atoms with Crippen LogP contribution in [0.5, 0.6) is 5.75 Å². The van der Waals surface area contributed by atoms with Crippen molar-refractivity contribution in [1.82, 2.24) is 4.90 Å². The number of halogens is 1. The molecule has 6 heteroatoms. The molecule has 2 aromatic rings. The number of aliphatic hydroxyl groups excluding tert-OH is 1. The van der Waals surface area contributed by atoms with Crippen LogP contribution in [0, 0.1) is 0 Å². The van der Waals surface area contributed by atoms with Crippen LogP contribution in [0.1, 0.15) is 17.2 Å². The first-order chi connectivity index (χ1) is 14.0. The standard InChI is InChI=1S/C23H20ClNO4/c1-3-12-25-20(16-6-5-7-17(24)14-16)19(22(27)23(25)28)21(26)15-8-10-18(11-9-15)29-13-4-2/h3-11,14,20,26H,1-2,12-13H2/b21-19+. The molecular weight excluding hydrogens is 390 g/mol. The van der Waals surface area contributed by atoms with Crippen molar-refractivity contribution in [2.24, 2.45) is 0 Å². The Morgan fingerprint density at radius 1 is 1.14 bits per heavy atom. The van der Waals surface area contributed by atoms with Gasteiger partial charge in [-0.3, -0.25) is 9.59 Å². The minimum absolute atomic E-state index is 0.0128. The van der Waals surface area contributed by atoms with Crippen LogP contribution >= 0.6 is 11.6 Å². The van der Waals surface area contributed by atoms with E-state index in [9.17, 15) is 14.7 Å². The third-order valence-corrected chi connectivity index (χ3v) is 4.76. The third-order valence-electron chi connectivity index (χ3n) is 4.53. The minimum atomic E-state index is -0.761. The van der Waals surface area contributed by atoms with Crippen molar-refractivity contribution in [3.05, 3.63) is 95.6 Å². The highest BCUT2D eigenvalue weighted by Gasteiger charge is 2.45. The number of carbonyl (C=O) groups is 2. The van der Waals surface area contributed by atoms with Gasteiger partial charge in [-0.1, -0.05) is 42.5 Å². The van der Waals surface area contributed by atoms with Gasteiger partial charge in [-0.05, 0) is 42.0 Å². The summed E-state index contributed by atoms with van der Waals surface area (Å²) in [5.74, 6) is -1.10. The van der Waals surface area contributed by atoms with Gasteiger partial charge in [0.2, 0.25) is 0 Å². The van der Waals surface area contributed by atoms with Crippen LogP contribution < -0.4 is 4.74 Å². The first kappa shape index (κ1) is 20.4. The lowest BCUT2D eigenvalue weighted by molar-refractivity contribution is -0.139. The molecule has 5 nitrogen and oxygen atoms in total. The smallest absolute Gasteiger partial charge is 0.295 e. The number of hydrogen-bond acceptors (Lipinski definition) is 4. The molecule has 1 atom stereocenters. The Balaban J connectivity index is 2.09. The zero-order valence-corrected chi connectivity index (χ0v) is 16.4. The number of nitrogens with zero attached hydrogens (tertiary/aromatic N) is 1. The highest BCUT2D eigenvalue weighted by Crippen LogP contribution is 2.40. The fraction of sp³-hybridized carbons (Fsp3) is 0.130. The normalized spacial score (nSPS) is 18.0. The van der Waals surface area contributed by atoms with E-state index in [1.54, 1.807) is 54.6 Å². The Morgan fingerprint density at radius 3 is 2.48 bits per heavy atom. The van der Waals surface area contributed by atoms with E-state index in [1.165, 1.54) is 11.0 Å². The third kappa shape index (κ3) is 4.10. The summed E-state index contributed by atoms with van der Waals surface area (Å²) in [5, 5.41) is 11.4. The second-order valence-electron chi connectivity index (χ2n) is 6.42. The van der Waals surface area contributed by atoms with Gasteiger partial charge in [0.1, 0.15) is 18.1 Å². The van der Waals surface area contributed by atoms with E-state index < -0.39 is 17.7 Å². The van der Waals surface area contributed by atoms with Crippen LogP contribution in [0.4, 0.5) is 0 Å². The number of amides is 1. The van der Waals surface area contributed by atoms with Crippen LogP contribution in [0.3, 0.4) is 0 Å². The van der Waals surface area contributed by atoms with Gasteiger partial charge in [0.05, 0.1) is 11.6 Å². The van der Waals surface area contributed by atoms with Crippen LogP contribution in [-0.2, 0) is 9.59 Å². The lowest BCUT2D eigenvalue weighted by Crippen LogP contribution is -2.29. The summed E-state index contributed by atoms with van der Waals surface area (Å²) in [7, 11) is 0. The Labute approximate surface area is 174 Å². The quantitative estimate of drug-likeness (QED) is 0.316. The Kier molecular flexibility index (Phi) is 6.20. The Morgan fingerprint density at radius 2 is 1.86 bits per heavy atom. The molecule has 29 heavy (non-hydrogen) atoms. The van der Waals surface area contributed by atoms with Crippen LogP contribution in [0.15, 0.2) is 79.4 Å². The maximum atomic E-state index is 12.8. The summed E-state index contributed by atoms with van der Waals surface area (Å²) in [6.45, 7) is 7.77. The number of Topliss-reactive ketones (excluding diaryl/α,β-unsaturated/α-hetero) is 1. The van der Waals surface area contributed by atoms with Crippen molar-refractivity contribution in [2.75, 3.05) is 13.2 Å². The molecule has 1 unspecified atom stereocenters. The number of aliphatic hydroxyl groups is 1. The molecule has 1 amide bonds. The zero-order valence-electron chi connectivity index (χ0n) is 15.7. The molecule has 3 rings (SSSR count). The van der Waals surface area contributed by atoms with Crippen molar-refractivity contribution in [2.45, 2.75) is 6.04 Å². The van der Waals surface area contributed by atoms with E-state index in [0.29, 0.717) is 28.5 Å². The van der Waals surface area contributed by atoms with Gasteiger partial charge in [-0.15, -0.1) is 6.58 Å². The molecule has 2 aromatic carbocycles. The number of rotatable bonds is 7. The van der Waals surface area contributed by atoms with Crippen molar-refractivity contribution < 1.29 is 19.4 Å². The molecule has 1 aliphatic heterocycles. The fourth-order valence-corrected chi connectivity index (χ4v) is 3.45. The number of carbonyl (C=O) groups excluding carboxylic acids is 2. The average molecular weight is 410 g/mol. The van der Waals surface area contributed by atoms with E-state index in [1.807, 2.05) is 0 Å². The monoisotopic (exact) mass is 409 g/mol. The summed E-state index contributed by atoms with van der Waals surface area (Å²) in [4.78, 5) is 26.7. The predicted octanol–water partition coefficient (Wildman–Crippen LogP) is 4.51. The topological polar surface area (TPSA) is 66.8 Å². The highest BCUT2D eigenvalue weighted by molar-refractivity contribution is 6.46. The summed E-state index contributed by atoms with van der Waals surface area (Å²) in [5.41, 5.74) is 1.05. The molecule has 0 aromatic heterocycles. The Hall–Kier alpha value is -3.31. The molecule has 1 N–H and O–H groups in total. The van der Waals surface area contributed by atoms with Crippen LogP contribution in [0.25, 0.3) is 5.76 Å². The number of ketones is 1. The van der Waals surface area contributed by atoms with Crippen molar-refractivity contribution in [1.29, 1.82) is 0 Å². The van der Waals surface area contributed by atoms with E-state index in [4.69, 9.17) is 16.3 Å². The van der Waals surface area contributed by atoms with Crippen molar-refractivity contribution in [3.63, 3.8) is 0 Å². The molecule has 148 valence electrons. The van der Waals surface area contributed by atoms with Crippen molar-refractivity contribution in [3.8, 4) is 5.75 Å². The molecule has 1 heterocycles. The first-order valence-electron chi connectivity index (χ1n) is 8.96. The number of hydrogen-bond donors (Lipinski definition) is 1. The highest BCUT2D eigenvalue weighted by atomic mass is 35.5. The maximum absolute atomic E-state index is 12.8. The van der Waals surface area contributed by atoms with Gasteiger partial charge in [0.15, 0.2) is 0 Å². The molecule has 0 bridgehead atoms. The molecule has 1 aliphatic rings. The molecule has 0 aliphatic carbocycles. The molecular formula is C23H20ClNO4. The number of benzene rings is 2. The van der Waals surface area contributed by atoms with Gasteiger partial charge in [0.25, 0.3) is 11.7 Å². The minimum Gasteiger partial charge on any atom is -0.507 e. The van der Waals surface area contributed by atoms with Gasteiger partial charge in [0, 0.05) is 17.1 Å². The second kappa shape index (κ2) is 8.80. The molecule has 0 radical (unpaired) electrons. The Bertz CT molecular complexity index is 994. The summed E-state index contributed by atoms with van der Waals surface area (Å²) in [6, 6.07) is 12.7. The van der Waals surface area contributed by atoms with Gasteiger partial charge < -0.3 is 14.7 Å². The van der Waals surface area contributed by atoms with Gasteiger partial charge >= 0.3 is 0 Å². The summed E-state index contributed by atoms with van der Waals surface area (Å²) >= 11 is 6.12. The average Bonchev–Trinajstić information content (AvgIpc) is 2.97. The number of likely N-dealkylation sites (tertiary alicyclic amines) is 1. The lowest BCUT2D eigenvalue weighted by atomic mass is 9.95. The molecule has 1 fully saturated rings. The largest absolute Gasteiger partial charge is 0.507 e. The van der Waals surface area contributed by atoms with Gasteiger partial charge in [-0.25, -0.2) is 0 Å². The van der Waals surface area contributed by atoms with Gasteiger partial charge in [-0.2, -0.15) is 0 Å². The molecule has 0 spiro atoms. The predicted molar refractivity (Wildman–Crippen MR) is 113 cm³/mol. The maximum Gasteiger partial charge on any atom is 0.295 e. The zero-order chi connectivity index (χ0) is 21.0. The lowest BCUT2D eigenvalue weighted by Gasteiger charge is -2.24. The summed E-state index contributed by atoms with van der Waals surface area (Å²) < 4.78 is 5.44. The second-order valence-corrected chi connectivity index (χ2v) is 6.86. The van der Waals surface area contributed by atoms with E-state index in [-0.39, 0.29) is 17.9 Å². The first-order valence-corrected chi connectivity index (χ1v) is 9.34. The van der Waals surface area contributed by atoms with E-state index >= 15 is 0 Å². The van der Waals surface area contributed by atoms with Crippen LogP contribution in [-0.4, -0.2) is 34.8 Å². The van der Waals surface area contributed by atoms with Crippen molar-refractivity contribution >= 4 is 29.1 Å². The number of ether oxygens (including phenoxy) is 1. The molecule has 1 saturated heterocycles. The van der Waals surface area contributed by atoms with E-state index in [0.717, 1.165) is 0 Å². The summed E-state index contributed by atoms with van der Waals surface area (Å²) in [6.07, 6.45) is 3.16. The molecule has 0 saturated carbocycles.